The van der Waals surface area contributed by atoms with E-state index in [4.69, 9.17) is 5.73 Å². The fourth-order valence-electron chi connectivity index (χ4n) is 1.71. The Morgan fingerprint density at radius 1 is 1.47 bits per heavy atom. The largest absolute Gasteiger partial charge is 0.357 e. The molecule has 1 aromatic rings. The molecule has 0 radical (unpaired) electrons. The average Bonchev–Trinajstić information content (AvgIpc) is 2.26. The van der Waals surface area contributed by atoms with Crippen LogP contribution < -0.4 is 10.6 Å². The highest BCUT2D eigenvalue weighted by molar-refractivity contribution is 5.48. The van der Waals surface area contributed by atoms with E-state index in [1.165, 1.54) is 0 Å². The maximum absolute atomic E-state index is 5.94. The van der Waals surface area contributed by atoms with Crippen molar-refractivity contribution in [2.45, 2.75) is 33.2 Å². The molecular formula is C12H21N3. The maximum Gasteiger partial charge on any atom is 0.133 e. The Morgan fingerprint density at radius 3 is 2.73 bits per heavy atom. The van der Waals surface area contributed by atoms with Crippen molar-refractivity contribution in [2.24, 2.45) is 5.73 Å². The van der Waals surface area contributed by atoms with Crippen LogP contribution >= 0.6 is 0 Å². The van der Waals surface area contributed by atoms with Crippen LogP contribution in [0.1, 0.15) is 38.8 Å². The van der Waals surface area contributed by atoms with E-state index >= 15 is 0 Å². The van der Waals surface area contributed by atoms with E-state index in [0.717, 1.165) is 30.9 Å². The number of aromatic nitrogens is 1. The van der Waals surface area contributed by atoms with Gasteiger partial charge in [-0.2, -0.15) is 0 Å². The molecule has 1 aromatic heterocycles. The zero-order valence-corrected chi connectivity index (χ0v) is 9.90. The van der Waals surface area contributed by atoms with E-state index in [1.807, 2.05) is 19.2 Å². The van der Waals surface area contributed by atoms with Crippen LogP contribution in [0.2, 0.25) is 0 Å². The van der Waals surface area contributed by atoms with Gasteiger partial charge in [0.15, 0.2) is 0 Å². The topological polar surface area (TPSA) is 42.2 Å². The van der Waals surface area contributed by atoms with Gasteiger partial charge >= 0.3 is 0 Å². The molecule has 1 unspecified atom stereocenters. The van der Waals surface area contributed by atoms with Crippen molar-refractivity contribution in [1.29, 1.82) is 0 Å². The predicted octanol–water partition coefficient (Wildman–Crippen LogP) is 2.34. The number of nitrogens with two attached hydrogens (primary N) is 1. The lowest BCUT2D eigenvalue weighted by molar-refractivity contribution is 0.746. The van der Waals surface area contributed by atoms with E-state index in [2.05, 4.69) is 29.8 Å². The monoisotopic (exact) mass is 207 g/mol. The number of nitrogens with zero attached hydrogens (tertiary/aromatic N) is 2. The summed E-state index contributed by atoms with van der Waals surface area (Å²) in [5.74, 6) is 1.04. The van der Waals surface area contributed by atoms with Gasteiger partial charge in [0.25, 0.3) is 0 Å². The first-order valence-electron chi connectivity index (χ1n) is 5.66. The number of hydrogen-bond acceptors (Lipinski definition) is 3. The fraction of sp³-hybridized carbons (Fsp3) is 0.583. The normalized spacial score (nSPS) is 12.5. The summed E-state index contributed by atoms with van der Waals surface area (Å²) in [7, 11) is 0. The van der Waals surface area contributed by atoms with Gasteiger partial charge in [-0.15, -0.1) is 0 Å². The van der Waals surface area contributed by atoms with Crippen LogP contribution in [-0.2, 0) is 0 Å². The van der Waals surface area contributed by atoms with Crippen molar-refractivity contribution < 1.29 is 0 Å². The van der Waals surface area contributed by atoms with Crippen LogP contribution in [-0.4, -0.2) is 18.1 Å². The summed E-state index contributed by atoms with van der Waals surface area (Å²) in [5, 5.41) is 0. The lowest BCUT2D eigenvalue weighted by Crippen LogP contribution is -2.26. The molecule has 0 bridgehead atoms. The Balaban J connectivity index is 2.99. The van der Waals surface area contributed by atoms with Gasteiger partial charge in [-0.3, -0.25) is 0 Å². The summed E-state index contributed by atoms with van der Waals surface area (Å²) in [5.41, 5.74) is 7.07. The summed E-state index contributed by atoms with van der Waals surface area (Å²) < 4.78 is 0. The predicted molar refractivity (Wildman–Crippen MR) is 65.0 cm³/mol. The van der Waals surface area contributed by atoms with Gasteiger partial charge in [0.05, 0.1) is 0 Å². The second-order valence-electron chi connectivity index (χ2n) is 3.78. The molecular weight excluding hydrogens is 186 g/mol. The van der Waals surface area contributed by atoms with E-state index in [1.54, 1.807) is 0 Å². The molecule has 0 amide bonds. The quantitative estimate of drug-likeness (QED) is 0.805. The third-order valence-electron chi connectivity index (χ3n) is 2.48. The van der Waals surface area contributed by atoms with Gasteiger partial charge in [-0.1, -0.05) is 13.0 Å². The van der Waals surface area contributed by atoms with Crippen molar-refractivity contribution in [3.63, 3.8) is 0 Å². The highest BCUT2D eigenvalue weighted by Crippen LogP contribution is 2.22. The van der Waals surface area contributed by atoms with Crippen LogP contribution in [0.5, 0.6) is 0 Å². The minimum absolute atomic E-state index is 0.0413. The number of anilines is 1. The van der Waals surface area contributed by atoms with Crippen LogP contribution in [0.4, 0.5) is 5.82 Å². The molecule has 0 aliphatic carbocycles. The molecule has 0 fully saturated rings. The second kappa shape index (κ2) is 5.71. The first kappa shape index (κ1) is 12.0. The third-order valence-corrected chi connectivity index (χ3v) is 2.48. The third kappa shape index (κ3) is 2.93. The Labute approximate surface area is 92.3 Å². The first-order chi connectivity index (χ1) is 7.20. The molecule has 3 nitrogen and oxygen atoms in total. The minimum atomic E-state index is 0.0413. The number of hydrogen-bond donors (Lipinski definition) is 1. The molecule has 0 saturated heterocycles. The summed E-state index contributed by atoms with van der Waals surface area (Å²) in [6, 6.07) is 4.05. The Kier molecular flexibility index (Phi) is 4.56. The fourth-order valence-corrected chi connectivity index (χ4v) is 1.71. The van der Waals surface area contributed by atoms with Crippen molar-refractivity contribution in [3.8, 4) is 0 Å². The lowest BCUT2D eigenvalue weighted by atomic mass is 10.1. The number of rotatable bonds is 5. The molecule has 1 rings (SSSR count). The Morgan fingerprint density at radius 2 is 2.20 bits per heavy atom. The van der Waals surface area contributed by atoms with Gasteiger partial charge in [0.2, 0.25) is 0 Å². The van der Waals surface area contributed by atoms with Crippen LogP contribution in [0.3, 0.4) is 0 Å². The van der Waals surface area contributed by atoms with Crippen LogP contribution in [0.25, 0.3) is 0 Å². The van der Waals surface area contributed by atoms with Crippen LogP contribution in [0, 0.1) is 0 Å². The molecule has 0 aliphatic rings. The van der Waals surface area contributed by atoms with Gasteiger partial charge in [0, 0.05) is 30.9 Å². The van der Waals surface area contributed by atoms with Crippen LogP contribution in [0.15, 0.2) is 18.3 Å². The average molecular weight is 207 g/mol. The van der Waals surface area contributed by atoms with Crippen molar-refractivity contribution in [2.75, 3.05) is 18.0 Å². The Hall–Kier alpha value is -1.09. The summed E-state index contributed by atoms with van der Waals surface area (Å²) in [6.45, 7) is 8.34. The van der Waals surface area contributed by atoms with E-state index in [0.29, 0.717) is 0 Å². The standard InChI is InChI=1S/C12H21N3/c1-4-9-15(5-2)12-11(10(3)13)7-6-8-14-12/h6-8,10H,4-5,9,13H2,1-3H3. The molecule has 0 aromatic carbocycles. The van der Waals surface area contributed by atoms with E-state index in [-0.39, 0.29) is 6.04 Å². The van der Waals surface area contributed by atoms with Crippen molar-refractivity contribution >= 4 is 5.82 Å². The zero-order chi connectivity index (χ0) is 11.3. The van der Waals surface area contributed by atoms with E-state index in [9.17, 15) is 0 Å². The Bertz CT molecular complexity index is 297. The van der Waals surface area contributed by atoms with Crippen molar-refractivity contribution in [1.82, 2.24) is 4.98 Å². The minimum Gasteiger partial charge on any atom is -0.357 e. The van der Waals surface area contributed by atoms with E-state index < -0.39 is 0 Å². The summed E-state index contributed by atoms with van der Waals surface area (Å²) >= 11 is 0. The highest BCUT2D eigenvalue weighted by atomic mass is 15.2. The smallest absolute Gasteiger partial charge is 0.133 e. The second-order valence-corrected chi connectivity index (χ2v) is 3.78. The molecule has 15 heavy (non-hydrogen) atoms. The molecule has 0 aliphatic heterocycles. The molecule has 3 heteroatoms. The van der Waals surface area contributed by atoms with Crippen molar-refractivity contribution in [3.05, 3.63) is 23.9 Å². The maximum atomic E-state index is 5.94. The lowest BCUT2D eigenvalue weighted by Gasteiger charge is -2.24. The first-order valence-corrected chi connectivity index (χ1v) is 5.66. The summed E-state index contributed by atoms with van der Waals surface area (Å²) in [6.07, 6.45) is 2.96. The highest BCUT2D eigenvalue weighted by Gasteiger charge is 2.12. The molecule has 1 heterocycles. The molecule has 1 atom stereocenters. The zero-order valence-electron chi connectivity index (χ0n) is 9.90. The van der Waals surface area contributed by atoms with Gasteiger partial charge in [-0.05, 0) is 26.3 Å². The number of pyridine rings is 1. The SMILES string of the molecule is CCCN(CC)c1ncccc1C(C)N. The van der Waals surface area contributed by atoms with Gasteiger partial charge in [0.1, 0.15) is 5.82 Å². The molecule has 0 spiro atoms. The molecule has 0 saturated carbocycles. The van der Waals surface area contributed by atoms with Gasteiger partial charge < -0.3 is 10.6 Å². The van der Waals surface area contributed by atoms with Gasteiger partial charge in [-0.25, -0.2) is 4.98 Å². The summed E-state index contributed by atoms with van der Waals surface area (Å²) in [4.78, 5) is 6.71. The molecule has 2 N–H and O–H groups in total. The molecule has 84 valence electrons.